The van der Waals surface area contributed by atoms with Crippen LogP contribution in [0, 0.1) is 0 Å². The van der Waals surface area contributed by atoms with Crippen molar-refractivity contribution in [3.05, 3.63) is 24.3 Å². The second kappa shape index (κ2) is 7.04. The van der Waals surface area contributed by atoms with Gasteiger partial charge in [-0.25, -0.2) is 14.6 Å². The maximum Gasteiger partial charge on any atom is 0.359 e. The van der Waals surface area contributed by atoms with E-state index in [-0.39, 0.29) is 11.7 Å². The summed E-state index contributed by atoms with van der Waals surface area (Å²) in [6, 6.07) is -0.745. The van der Waals surface area contributed by atoms with E-state index < -0.39 is 24.5 Å². The van der Waals surface area contributed by atoms with Crippen molar-refractivity contribution in [2.45, 2.75) is 19.9 Å². The summed E-state index contributed by atoms with van der Waals surface area (Å²) in [6.07, 6.45) is 3.94. The van der Waals surface area contributed by atoms with Crippen molar-refractivity contribution < 1.29 is 19.1 Å². The van der Waals surface area contributed by atoms with Gasteiger partial charge in [0.2, 0.25) is 0 Å². The standard InChI is InChI=1S/C11H14N4O4/c1-7(2)14-11(18)15-9(16)6-19-10(17)8-5-12-3-4-13-8/h3-5,7H,6H2,1-2H3,(H2,14,15,16,18). The second-order valence-electron chi connectivity index (χ2n) is 3.84. The second-order valence-corrected chi connectivity index (χ2v) is 3.84. The number of aromatic nitrogens is 2. The summed E-state index contributed by atoms with van der Waals surface area (Å²) in [5.41, 5.74) is -0.0121. The van der Waals surface area contributed by atoms with E-state index in [0.717, 1.165) is 0 Å². The third-order valence-electron chi connectivity index (χ3n) is 1.78. The highest BCUT2D eigenvalue weighted by Gasteiger charge is 2.13. The lowest BCUT2D eigenvalue weighted by atomic mass is 10.4. The molecule has 0 spiro atoms. The molecule has 8 nitrogen and oxygen atoms in total. The first kappa shape index (κ1) is 14.6. The molecule has 0 aromatic carbocycles. The summed E-state index contributed by atoms with van der Waals surface area (Å²) in [5.74, 6) is -1.51. The van der Waals surface area contributed by atoms with E-state index in [9.17, 15) is 14.4 Å². The average molecular weight is 266 g/mol. The van der Waals surface area contributed by atoms with E-state index in [4.69, 9.17) is 0 Å². The van der Waals surface area contributed by atoms with Gasteiger partial charge in [-0.15, -0.1) is 0 Å². The van der Waals surface area contributed by atoms with Crippen LogP contribution in [0.4, 0.5) is 4.79 Å². The molecule has 0 unspecified atom stereocenters. The molecule has 0 aliphatic rings. The zero-order valence-electron chi connectivity index (χ0n) is 10.5. The molecular formula is C11H14N4O4. The number of hydrogen-bond donors (Lipinski definition) is 2. The molecule has 0 bridgehead atoms. The van der Waals surface area contributed by atoms with Crippen molar-refractivity contribution in [2.24, 2.45) is 0 Å². The van der Waals surface area contributed by atoms with Gasteiger partial charge in [0.1, 0.15) is 0 Å². The summed E-state index contributed by atoms with van der Waals surface area (Å²) in [4.78, 5) is 41.3. The topological polar surface area (TPSA) is 110 Å². The predicted molar refractivity (Wildman–Crippen MR) is 64.1 cm³/mol. The van der Waals surface area contributed by atoms with Crippen LogP contribution >= 0.6 is 0 Å². The molecule has 1 aromatic heterocycles. The zero-order chi connectivity index (χ0) is 14.3. The van der Waals surface area contributed by atoms with Crippen molar-refractivity contribution in [2.75, 3.05) is 6.61 Å². The molecule has 3 amide bonds. The number of ether oxygens (including phenoxy) is 1. The predicted octanol–water partition coefficient (Wildman–Crippen LogP) is -0.132. The van der Waals surface area contributed by atoms with Crippen molar-refractivity contribution in [3.63, 3.8) is 0 Å². The fourth-order valence-corrected chi connectivity index (χ4v) is 1.07. The third kappa shape index (κ3) is 5.57. The van der Waals surface area contributed by atoms with E-state index >= 15 is 0 Å². The van der Waals surface area contributed by atoms with Crippen LogP contribution in [0.1, 0.15) is 24.3 Å². The maximum absolute atomic E-state index is 11.4. The Labute approximate surface area is 109 Å². The van der Waals surface area contributed by atoms with Gasteiger partial charge >= 0.3 is 12.0 Å². The van der Waals surface area contributed by atoms with Gasteiger partial charge in [-0.05, 0) is 13.8 Å². The van der Waals surface area contributed by atoms with Crippen molar-refractivity contribution in [1.82, 2.24) is 20.6 Å². The van der Waals surface area contributed by atoms with E-state index in [0.29, 0.717) is 0 Å². The molecule has 1 rings (SSSR count). The molecule has 0 atom stereocenters. The average Bonchev–Trinajstić information content (AvgIpc) is 2.36. The highest BCUT2D eigenvalue weighted by molar-refractivity contribution is 5.96. The number of nitrogens with one attached hydrogen (secondary N) is 2. The van der Waals surface area contributed by atoms with Crippen molar-refractivity contribution in [3.8, 4) is 0 Å². The van der Waals surface area contributed by atoms with Crippen molar-refractivity contribution >= 4 is 17.9 Å². The first-order valence-electron chi connectivity index (χ1n) is 5.52. The highest BCUT2D eigenvalue weighted by atomic mass is 16.5. The van der Waals surface area contributed by atoms with Crippen LogP contribution < -0.4 is 10.6 Å². The Hall–Kier alpha value is -2.51. The first-order chi connectivity index (χ1) is 8.99. The molecule has 19 heavy (non-hydrogen) atoms. The van der Waals surface area contributed by atoms with E-state index in [1.807, 2.05) is 5.32 Å². The smallest absolute Gasteiger partial charge is 0.359 e. The lowest BCUT2D eigenvalue weighted by Crippen LogP contribution is -2.44. The van der Waals surface area contributed by atoms with E-state index in [1.54, 1.807) is 13.8 Å². The molecule has 0 aliphatic heterocycles. The molecule has 0 saturated carbocycles. The summed E-state index contributed by atoms with van der Waals surface area (Å²) >= 11 is 0. The quantitative estimate of drug-likeness (QED) is 0.734. The number of hydrogen-bond acceptors (Lipinski definition) is 6. The molecule has 0 saturated heterocycles. The zero-order valence-corrected chi connectivity index (χ0v) is 10.5. The fraction of sp³-hybridized carbons (Fsp3) is 0.364. The monoisotopic (exact) mass is 266 g/mol. The summed E-state index contributed by atoms with van der Waals surface area (Å²) in [5, 5.41) is 4.48. The van der Waals surface area contributed by atoms with Crippen LogP contribution in [0.3, 0.4) is 0 Å². The number of carbonyl (C=O) groups excluding carboxylic acids is 3. The molecule has 8 heteroatoms. The minimum atomic E-state index is -0.785. The van der Waals surface area contributed by atoms with Crippen LogP contribution in [0.15, 0.2) is 18.6 Å². The normalized spacial score (nSPS) is 9.84. The Bertz CT molecular complexity index is 461. The summed E-state index contributed by atoms with van der Waals surface area (Å²) in [7, 11) is 0. The number of imide groups is 1. The Morgan fingerprint density at radius 2 is 2.05 bits per heavy atom. The Balaban J connectivity index is 2.35. The van der Waals surface area contributed by atoms with Gasteiger partial charge < -0.3 is 10.1 Å². The van der Waals surface area contributed by atoms with Crippen LogP contribution in [0.5, 0.6) is 0 Å². The van der Waals surface area contributed by atoms with Gasteiger partial charge in [0.25, 0.3) is 5.91 Å². The molecular weight excluding hydrogens is 252 g/mol. The molecule has 1 aromatic rings. The maximum atomic E-state index is 11.4. The number of carbonyl (C=O) groups is 3. The Kier molecular flexibility index (Phi) is 5.39. The van der Waals surface area contributed by atoms with Crippen LogP contribution in [0.25, 0.3) is 0 Å². The van der Waals surface area contributed by atoms with Gasteiger partial charge in [-0.2, -0.15) is 0 Å². The molecule has 0 fully saturated rings. The summed E-state index contributed by atoms with van der Waals surface area (Å²) in [6.45, 7) is 2.93. The molecule has 0 aliphatic carbocycles. The lowest BCUT2D eigenvalue weighted by molar-refractivity contribution is -0.123. The SMILES string of the molecule is CC(C)NC(=O)NC(=O)COC(=O)c1cnccn1. The largest absolute Gasteiger partial charge is 0.451 e. The molecule has 0 radical (unpaired) electrons. The number of nitrogens with zero attached hydrogens (tertiary/aromatic N) is 2. The van der Waals surface area contributed by atoms with Crippen molar-refractivity contribution in [1.29, 1.82) is 0 Å². The van der Waals surface area contributed by atoms with Gasteiger partial charge in [0.05, 0.1) is 6.20 Å². The molecule has 1 heterocycles. The minimum absolute atomic E-state index is 0.0121. The Morgan fingerprint density at radius 1 is 1.32 bits per heavy atom. The van der Waals surface area contributed by atoms with Crippen LogP contribution in [0.2, 0.25) is 0 Å². The van der Waals surface area contributed by atoms with E-state index in [2.05, 4.69) is 20.0 Å². The number of esters is 1. The van der Waals surface area contributed by atoms with Gasteiger partial charge in [0.15, 0.2) is 12.3 Å². The molecule has 102 valence electrons. The van der Waals surface area contributed by atoms with Crippen LogP contribution in [-0.2, 0) is 9.53 Å². The first-order valence-corrected chi connectivity index (χ1v) is 5.52. The Morgan fingerprint density at radius 3 is 2.63 bits per heavy atom. The highest BCUT2D eigenvalue weighted by Crippen LogP contribution is 1.93. The number of amides is 3. The van der Waals surface area contributed by atoms with Gasteiger partial charge in [-0.1, -0.05) is 0 Å². The summed E-state index contributed by atoms with van der Waals surface area (Å²) < 4.78 is 4.66. The minimum Gasteiger partial charge on any atom is -0.451 e. The van der Waals surface area contributed by atoms with Gasteiger partial charge in [-0.3, -0.25) is 15.1 Å². The molecule has 2 N–H and O–H groups in total. The fourth-order valence-electron chi connectivity index (χ4n) is 1.07. The third-order valence-corrected chi connectivity index (χ3v) is 1.78. The van der Waals surface area contributed by atoms with E-state index in [1.165, 1.54) is 18.6 Å². The van der Waals surface area contributed by atoms with Crippen LogP contribution in [-0.4, -0.2) is 40.5 Å². The number of urea groups is 1. The number of rotatable bonds is 4. The lowest BCUT2D eigenvalue weighted by Gasteiger charge is -2.09. The van der Waals surface area contributed by atoms with Gasteiger partial charge in [0, 0.05) is 18.4 Å².